The molecule has 1 aliphatic carbocycles. The van der Waals surface area contributed by atoms with Crippen LogP contribution in [0.2, 0.25) is 0 Å². The molecule has 0 aromatic carbocycles. The van der Waals surface area contributed by atoms with Crippen LogP contribution in [0, 0.1) is 5.92 Å². The van der Waals surface area contributed by atoms with Crippen molar-refractivity contribution in [2.75, 3.05) is 18.5 Å². The first-order valence-corrected chi connectivity index (χ1v) is 8.80. The third kappa shape index (κ3) is 3.71. The molecule has 0 amide bonds. The summed E-state index contributed by atoms with van der Waals surface area (Å²) in [7, 11) is 0. The number of aromatic nitrogens is 2. The van der Waals surface area contributed by atoms with Gasteiger partial charge >= 0.3 is 0 Å². The molecule has 3 rings (SSSR count). The highest BCUT2D eigenvalue weighted by Gasteiger charge is 2.15. The van der Waals surface area contributed by atoms with Crippen LogP contribution in [0.15, 0.2) is 11.4 Å². The molecule has 1 fully saturated rings. The average molecular weight is 305 g/mol. The highest BCUT2D eigenvalue weighted by molar-refractivity contribution is 7.16. The molecule has 0 aliphatic heterocycles. The van der Waals surface area contributed by atoms with Gasteiger partial charge in [-0.15, -0.1) is 11.3 Å². The van der Waals surface area contributed by atoms with E-state index >= 15 is 0 Å². The first kappa shape index (κ1) is 14.7. The molecule has 5 heteroatoms. The van der Waals surface area contributed by atoms with E-state index in [1.807, 2.05) is 0 Å². The molecular formula is C16H23N3OS. The van der Waals surface area contributed by atoms with Crippen LogP contribution in [0.25, 0.3) is 10.2 Å². The number of thiophene rings is 1. The van der Waals surface area contributed by atoms with E-state index in [4.69, 9.17) is 4.74 Å². The normalized spacial score (nSPS) is 15.9. The molecule has 1 saturated carbocycles. The molecule has 114 valence electrons. The maximum absolute atomic E-state index is 5.84. The highest BCUT2D eigenvalue weighted by Crippen LogP contribution is 2.26. The monoisotopic (exact) mass is 305 g/mol. The molecule has 0 radical (unpaired) electrons. The minimum Gasteiger partial charge on any atom is -0.373 e. The lowest BCUT2D eigenvalue weighted by Crippen LogP contribution is -2.09. The first-order chi connectivity index (χ1) is 10.4. The van der Waals surface area contributed by atoms with Gasteiger partial charge in [-0.1, -0.05) is 19.8 Å². The second-order valence-electron chi connectivity index (χ2n) is 5.72. The van der Waals surface area contributed by atoms with Gasteiger partial charge in [0.05, 0.1) is 5.39 Å². The molecule has 0 atom stereocenters. The number of nitrogens with zero attached hydrogens (tertiary/aromatic N) is 2. The predicted molar refractivity (Wildman–Crippen MR) is 87.8 cm³/mol. The summed E-state index contributed by atoms with van der Waals surface area (Å²) < 4.78 is 5.84. The van der Waals surface area contributed by atoms with E-state index in [0.717, 1.165) is 47.3 Å². The second-order valence-corrected chi connectivity index (χ2v) is 6.61. The van der Waals surface area contributed by atoms with Crippen LogP contribution in [0.4, 0.5) is 5.82 Å². The molecular weight excluding hydrogens is 282 g/mol. The third-order valence-electron chi connectivity index (χ3n) is 3.97. The zero-order chi connectivity index (χ0) is 14.5. The average Bonchev–Trinajstić information content (AvgIpc) is 3.15. The predicted octanol–water partition coefficient (Wildman–Crippen LogP) is 4.22. The van der Waals surface area contributed by atoms with E-state index in [0.29, 0.717) is 6.61 Å². The number of nitrogens with one attached hydrogen (secondary N) is 1. The molecule has 0 unspecified atom stereocenters. The van der Waals surface area contributed by atoms with Crippen LogP contribution in [-0.4, -0.2) is 23.1 Å². The van der Waals surface area contributed by atoms with E-state index < -0.39 is 0 Å². The van der Waals surface area contributed by atoms with E-state index in [1.54, 1.807) is 11.3 Å². The summed E-state index contributed by atoms with van der Waals surface area (Å²) in [6.07, 6.45) is 6.43. The third-order valence-corrected chi connectivity index (χ3v) is 4.78. The Bertz CT molecular complexity index is 578. The molecule has 1 N–H and O–H groups in total. The molecule has 2 aromatic rings. The van der Waals surface area contributed by atoms with E-state index in [2.05, 4.69) is 33.7 Å². The summed E-state index contributed by atoms with van der Waals surface area (Å²) in [6, 6.07) is 2.08. The van der Waals surface area contributed by atoms with E-state index in [9.17, 15) is 0 Å². The molecule has 2 heterocycles. The lowest BCUT2D eigenvalue weighted by Gasteiger charge is -2.11. The van der Waals surface area contributed by atoms with Crippen molar-refractivity contribution in [3.63, 3.8) is 0 Å². The fourth-order valence-corrected chi connectivity index (χ4v) is 3.62. The summed E-state index contributed by atoms with van der Waals surface area (Å²) in [5, 5.41) is 6.58. The molecule has 2 aromatic heterocycles. The fraction of sp³-hybridized carbons (Fsp3) is 0.625. The maximum Gasteiger partial charge on any atom is 0.158 e. The molecule has 1 aliphatic rings. The van der Waals surface area contributed by atoms with Crippen molar-refractivity contribution in [1.29, 1.82) is 0 Å². The Balaban J connectivity index is 1.66. The van der Waals surface area contributed by atoms with Gasteiger partial charge in [0.1, 0.15) is 17.3 Å². The lowest BCUT2D eigenvalue weighted by molar-refractivity contribution is 0.0846. The molecule has 0 spiro atoms. The fourth-order valence-electron chi connectivity index (χ4n) is 2.84. The smallest absolute Gasteiger partial charge is 0.158 e. The Morgan fingerprint density at radius 3 is 3.00 bits per heavy atom. The number of hydrogen-bond donors (Lipinski definition) is 1. The summed E-state index contributed by atoms with van der Waals surface area (Å²) in [5.41, 5.74) is 0. The number of rotatable bonds is 7. The van der Waals surface area contributed by atoms with Crippen LogP contribution in [0.3, 0.4) is 0 Å². The van der Waals surface area contributed by atoms with Crippen LogP contribution in [0.5, 0.6) is 0 Å². The Morgan fingerprint density at radius 1 is 1.33 bits per heavy atom. The standard InChI is InChI=1S/C16H23N3OS/c1-2-8-17-15-13-7-9-21-16(13)19-14(18-15)11-20-10-12-5-3-4-6-12/h7,9,12H,2-6,8,10-11H2,1H3,(H,17,18,19). The van der Waals surface area contributed by atoms with Gasteiger partial charge in [0.15, 0.2) is 5.82 Å². The van der Waals surface area contributed by atoms with Crippen molar-refractivity contribution >= 4 is 27.4 Å². The SMILES string of the molecule is CCCNc1nc(COCC2CCCC2)nc2sccc12. The molecule has 0 saturated heterocycles. The van der Waals surface area contributed by atoms with Crippen LogP contribution < -0.4 is 5.32 Å². The number of hydrogen-bond acceptors (Lipinski definition) is 5. The number of ether oxygens (including phenoxy) is 1. The Labute approximate surface area is 129 Å². The van der Waals surface area contributed by atoms with Crippen LogP contribution >= 0.6 is 11.3 Å². The molecule has 4 nitrogen and oxygen atoms in total. The zero-order valence-electron chi connectivity index (χ0n) is 12.6. The summed E-state index contributed by atoms with van der Waals surface area (Å²) in [5.74, 6) is 2.48. The van der Waals surface area contributed by atoms with Crippen LogP contribution in [0.1, 0.15) is 44.9 Å². The van der Waals surface area contributed by atoms with Crippen molar-refractivity contribution in [2.24, 2.45) is 5.92 Å². The Morgan fingerprint density at radius 2 is 2.19 bits per heavy atom. The minimum absolute atomic E-state index is 0.519. The van der Waals surface area contributed by atoms with Crippen molar-refractivity contribution in [3.8, 4) is 0 Å². The number of fused-ring (bicyclic) bond motifs is 1. The van der Waals surface area contributed by atoms with Crippen molar-refractivity contribution in [1.82, 2.24) is 9.97 Å². The van der Waals surface area contributed by atoms with Gasteiger partial charge in [-0.3, -0.25) is 0 Å². The van der Waals surface area contributed by atoms with Gasteiger partial charge in [0.25, 0.3) is 0 Å². The van der Waals surface area contributed by atoms with Gasteiger partial charge in [-0.25, -0.2) is 9.97 Å². The van der Waals surface area contributed by atoms with Gasteiger partial charge < -0.3 is 10.1 Å². The largest absolute Gasteiger partial charge is 0.373 e. The lowest BCUT2D eigenvalue weighted by atomic mass is 10.1. The van der Waals surface area contributed by atoms with Crippen molar-refractivity contribution in [3.05, 3.63) is 17.3 Å². The van der Waals surface area contributed by atoms with Gasteiger partial charge in [-0.2, -0.15) is 0 Å². The maximum atomic E-state index is 5.84. The second kappa shape index (κ2) is 7.18. The topological polar surface area (TPSA) is 47.0 Å². The zero-order valence-corrected chi connectivity index (χ0v) is 13.4. The molecule has 21 heavy (non-hydrogen) atoms. The van der Waals surface area contributed by atoms with Crippen molar-refractivity contribution < 1.29 is 4.74 Å². The first-order valence-electron chi connectivity index (χ1n) is 7.92. The van der Waals surface area contributed by atoms with Crippen molar-refractivity contribution in [2.45, 2.75) is 45.6 Å². The Hall–Kier alpha value is -1.20. The summed E-state index contributed by atoms with van der Waals surface area (Å²) >= 11 is 1.66. The number of anilines is 1. The van der Waals surface area contributed by atoms with Gasteiger partial charge in [-0.05, 0) is 36.6 Å². The van der Waals surface area contributed by atoms with E-state index in [-0.39, 0.29) is 0 Å². The summed E-state index contributed by atoms with van der Waals surface area (Å²) in [6.45, 7) is 4.46. The summed E-state index contributed by atoms with van der Waals surface area (Å²) in [4.78, 5) is 10.3. The van der Waals surface area contributed by atoms with Gasteiger partial charge in [0, 0.05) is 13.2 Å². The van der Waals surface area contributed by atoms with E-state index in [1.165, 1.54) is 25.7 Å². The Kier molecular flexibility index (Phi) is 5.04. The quantitative estimate of drug-likeness (QED) is 0.832. The van der Waals surface area contributed by atoms with Crippen LogP contribution in [-0.2, 0) is 11.3 Å². The minimum atomic E-state index is 0.519. The molecule has 0 bridgehead atoms. The van der Waals surface area contributed by atoms with Gasteiger partial charge in [0.2, 0.25) is 0 Å². The highest BCUT2D eigenvalue weighted by atomic mass is 32.1.